The van der Waals surface area contributed by atoms with E-state index < -0.39 is 94.9 Å². The van der Waals surface area contributed by atoms with Crippen LogP contribution in [-0.4, -0.2) is 62.8 Å². The van der Waals surface area contributed by atoms with Crippen molar-refractivity contribution in [1.82, 2.24) is 24.8 Å². The molecule has 3 heterocycles. The molecule has 0 bridgehead atoms. The van der Waals surface area contributed by atoms with Gasteiger partial charge in [-0.15, -0.1) is 0 Å². The highest BCUT2D eigenvalue weighted by Gasteiger charge is 2.46. The second-order valence-corrected chi connectivity index (χ2v) is 9.07. The smallest absolute Gasteiger partial charge is 0.382 e. The Morgan fingerprint density at radius 3 is 2.44 bits per heavy atom. The first-order valence-corrected chi connectivity index (χ1v) is 11.3. The second kappa shape index (κ2) is 9.64. The van der Waals surface area contributed by atoms with Gasteiger partial charge in [-0.3, -0.25) is 9.59 Å². The number of likely N-dealkylation sites (tertiary alicyclic amines) is 1. The molecule has 1 aliphatic heterocycles. The number of nitrogens with one attached hydrogen (secondary N) is 1. The summed E-state index contributed by atoms with van der Waals surface area (Å²) in [4.78, 5) is 29.3. The molecular weight excluding hydrogens is 544 g/mol. The van der Waals surface area contributed by atoms with E-state index in [1.165, 1.54) is 13.0 Å². The lowest BCUT2D eigenvalue weighted by atomic mass is 10.0. The molecule has 0 spiro atoms. The van der Waals surface area contributed by atoms with E-state index >= 15 is 4.39 Å². The van der Waals surface area contributed by atoms with Crippen LogP contribution in [0, 0.1) is 18.7 Å². The van der Waals surface area contributed by atoms with Crippen molar-refractivity contribution in [1.29, 1.82) is 0 Å². The van der Waals surface area contributed by atoms with E-state index in [0.717, 1.165) is 16.9 Å². The van der Waals surface area contributed by atoms with Crippen molar-refractivity contribution in [3.63, 3.8) is 0 Å². The van der Waals surface area contributed by atoms with Gasteiger partial charge in [0.15, 0.2) is 5.82 Å². The number of aryl methyl sites for hydroxylation is 1. The van der Waals surface area contributed by atoms with Gasteiger partial charge in [0.05, 0.1) is 29.4 Å². The Labute approximate surface area is 214 Å². The number of carbonyl (C=O) groups is 2. The third kappa shape index (κ3) is 5.06. The number of hydrogen-bond donors (Lipinski definition) is 2. The maximum absolute atomic E-state index is 15.7. The van der Waals surface area contributed by atoms with Crippen LogP contribution < -0.4 is 11.1 Å². The molecule has 0 aliphatic carbocycles. The average molecular weight is 564 g/mol. The molecule has 1 saturated heterocycles. The Bertz CT molecular complexity index is 1450. The van der Waals surface area contributed by atoms with Crippen LogP contribution in [-0.2, 0) is 11.0 Å². The van der Waals surface area contributed by atoms with E-state index in [-0.39, 0.29) is 5.56 Å². The number of hydrogen-bond acceptors (Lipinski definition) is 5. The van der Waals surface area contributed by atoms with E-state index in [0.29, 0.717) is 17.9 Å². The van der Waals surface area contributed by atoms with Crippen molar-refractivity contribution in [2.75, 3.05) is 18.8 Å². The fourth-order valence-electron chi connectivity index (χ4n) is 4.36. The minimum atomic E-state index is -4.91. The highest BCUT2D eigenvalue weighted by atomic mass is 19.4. The number of halogens is 8. The Morgan fingerprint density at radius 2 is 1.82 bits per heavy atom. The largest absolute Gasteiger partial charge is 0.418 e. The number of nitrogens with zero attached hydrogens (tertiary/aromatic N) is 4. The van der Waals surface area contributed by atoms with Gasteiger partial charge in [-0.05, 0) is 31.5 Å². The molecule has 2 amide bonds. The first-order valence-electron chi connectivity index (χ1n) is 11.3. The number of carbonyl (C=O) groups excluding carboxylic acids is 2. The molecule has 2 aromatic heterocycles. The minimum Gasteiger partial charge on any atom is -0.382 e. The van der Waals surface area contributed by atoms with Crippen molar-refractivity contribution < 1.29 is 44.7 Å². The highest BCUT2D eigenvalue weighted by Crippen LogP contribution is 2.39. The predicted molar refractivity (Wildman–Crippen MR) is 120 cm³/mol. The molecule has 1 fully saturated rings. The van der Waals surface area contributed by atoms with Crippen LogP contribution in [0.4, 0.5) is 40.9 Å². The van der Waals surface area contributed by atoms with Crippen LogP contribution in [0.1, 0.15) is 28.4 Å². The van der Waals surface area contributed by atoms with Crippen LogP contribution in [0.3, 0.4) is 0 Å². The topological polar surface area (TPSA) is 106 Å². The Morgan fingerprint density at radius 1 is 1.15 bits per heavy atom. The number of fused-ring (bicyclic) bond motifs is 1. The zero-order valence-electron chi connectivity index (χ0n) is 20.2. The standard InChI is InChI=1S/C23H20F8N6O2/c1-9-3-4-11(15-5-12(23(29,30)31)18-19(32)33-8-34-37(15)18)17(25)16(9)20(38)35-14-7-36(6-13(14)24)21(39)10(2)22(26,27)28/h3-5,8,10,13-14H,6-7H2,1-2H3,(H,35,38)(H2,32,33,34)/t10?,13-,14+/m0/s1. The van der Waals surface area contributed by atoms with E-state index in [1.807, 2.05) is 0 Å². The van der Waals surface area contributed by atoms with Crippen LogP contribution in [0.5, 0.6) is 0 Å². The lowest BCUT2D eigenvalue weighted by Gasteiger charge is -2.22. The summed E-state index contributed by atoms with van der Waals surface area (Å²) in [7, 11) is 0. The second-order valence-electron chi connectivity index (χ2n) is 9.07. The first kappa shape index (κ1) is 28.0. The Balaban J connectivity index is 1.67. The molecular formula is C23H20F8N6O2. The van der Waals surface area contributed by atoms with Gasteiger partial charge in [-0.1, -0.05) is 6.07 Å². The Kier molecular flexibility index (Phi) is 6.93. The van der Waals surface area contributed by atoms with Gasteiger partial charge < -0.3 is 16.0 Å². The maximum atomic E-state index is 15.7. The third-order valence-corrected chi connectivity index (χ3v) is 6.48. The van der Waals surface area contributed by atoms with E-state index in [2.05, 4.69) is 15.4 Å². The van der Waals surface area contributed by atoms with Crippen LogP contribution in [0.2, 0.25) is 0 Å². The molecule has 39 heavy (non-hydrogen) atoms. The summed E-state index contributed by atoms with van der Waals surface area (Å²) < 4.78 is 111. The van der Waals surface area contributed by atoms with Gasteiger partial charge in [0.25, 0.3) is 5.91 Å². The zero-order valence-corrected chi connectivity index (χ0v) is 20.2. The molecule has 3 aromatic rings. The fourth-order valence-corrected chi connectivity index (χ4v) is 4.36. The van der Waals surface area contributed by atoms with Gasteiger partial charge in [0.2, 0.25) is 5.91 Å². The third-order valence-electron chi connectivity index (χ3n) is 6.48. The van der Waals surface area contributed by atoms with Gasteiger partial charge in [-0.2, -0.15) is 31.4 Å². The van der Waals surface area contributed by atoms with Crippen LogP contribution in [0.15, 0.2) is 24.5 Å². The van der Waals surface area contributed by atoms with E-state index in [1.54, 1.807) is 0 Å². The summed E-state index contributed by atoms with van der Waals surface area (Å²) in [6.07, 6.45) is -10.8. The SMILES string of the molecule is Cc1ccc(-c2cc(C(F)(F)F)c3c(N)ncnn23)c(F)c1C(=O)N[C@@H]1CN(C(=O)C(C)C(F)(F)F)C[C@@H]1F. The molecule has 210 valence electrons. The number of rotatable bonds is 4. The van der Waals surface area contributed by atoms with Gasteiger partial charge in [0.1, 0.15) is 29.8 Å². The number of amides is 2. The van der Waals surface area contributed by atoms with Crippen molar-refractivity contribution in [2.24, 2.45) is 5.92 Å². The van der Waals surface area contributed by atoms with Gasteiger partial charge in [0, 0.05) is 12.1 Å². The first-order chi connectivity index (χ1) is 18.0. The molecule has 1 aliphatic rings. The Hall–Kier alpha value is -3.98. The maximum Gasteiger partial charge on any atom is 0.418 e. The molecule has 0 saturated carbocycles. The quantitative estimate of drug-likeness (QED) is 0.468. The molecule has 0 radical (unpaired) electrons. The average Bonchev–Trinajstić information content (AvgIpc) is 3.39. The highest BCUT2D eigenvalue weighted by molar-refractivity contribution is 5.98. The molecule has 3 N–H and O–H groups in total. The number of anilines is 1. The summed E-state index contributed by atoms with van der Waals surface area (Å²) in [5, 5.41) is 5.91. The summed E-state index contributed by atoms with van der Waals surface area (Å²) in [6.45, 7) is 0.631. The van der Waals surface area contributed by atoms with Crippen LogP contribution in [0.25, 0.3) is 16.8 Å². The zero-order chi connectivity index (χ0) is 29.0. The van der Waals surface area contributed by atoms with Crippen molar-refractivity contribution in [3.05, 3.63) is 47.0 Å². The molecule has 8 nitrogen and oxygen atoms in total. The number of benzene rings is 1. The number of nitrogen functional groups attached to an aromatic ring is 1. The van der Waals surface area contributed by atoms with Crippen molar-refractivity contribution >= 4 is 23.1 Å². The number of aromatic nitrogens is 3. The van der Waals surface area contributed by atoms with E-state index in [9.17, 15) is 40.3 Å². The van der Waals surface area contributed by atoms with E-state index in [4.69, 9.17) is 5.73 Å². The molecule has 1 unspecified atom stereocenters. The molecule has 16 heteroatoms. The molecule has 4 rings (SSSR count). The summed E-state index contributed by atoms with van der Waals surface area (Å²) in [5.41, 5.74) is 2.26. The van der Waals surface area contributed by atoms with Gasteiger partial charge >= 0.3 is 12.4 Å². The molecule has 1 aromatic carbocycles. The summed E-state index contributed by atoms with van der Waals surface area (Å²) >= 11 is 0. The van der Waals surface area contributed by atoms with Crippen molar-refractivity contribution in [2.45, 2.75) is 38.4 Å². The van der Waals surface area contributed by atoms with Crippen molar-refractivity contribution in [3.8, 4) is 11.3 Å². The summed E-state index contributed by atoms with van der Waals surface area (Å²) in [5.74, 6) is -6.74. The number of nitrogens with two attached hydrogens (primary N) is 1. The predicted octanol–water partition coefficient (Wildman–Crippen LogP) is 3.92. The lowest BCUT2D eigenvalue weighted by Crippen LogP contribution is -2.43. The number of alkyl halides is 7. The monoisotopic (exact) mass is 564 g/mol. The lowest BCUT2D eigenvalue weighted by molar-refractivity contribution is -0.185. The normalized spacial score (nSPS) is 19.0. The van der Waals surface area contributed by atoms with Gasteiger partial charge in [-0.25, -0.2) is 18.3 Å². The van der Waals surface area contributed by atoms with Crippen LogP contribution >= 0.6 is 0 Å². The summed E-state index contributed by atoms with van der Waals surface area (Å²) in [6, 6.07) is 1.50. The fraction of sp³-hybridized carbons (Fsp3) is 0.391. The minimum absolute atomic E-state index is 0.0341. The molecule has 3 atom stereocenters.